The topological polar surface area (TPSA) is 33.1 Å². The highest BCUT2D eigenvalue weighted by Crippen LogP contribution is 2.38. The Morgan fingerprint density at radius 3 is 2.75 bits per heavy atom. The number of alkyl halides is 2. The third-order valence-electron chi connectivity index (χ3n) is 3.20. The molecule has 1 unspecified atom stereocenters. The van der Waals surface area contributed by atoms with Crippen molar-refractivity contribution in [2.45, 2.75) is 44.1 Å². The highest BCUT2D eigenvalue weighted by Gasteiger charge is 2.37. The molecule has 90 valence electrons. The van der Waals surface area contributed by atoms with Crippen molar-refractivity contribution in [3.8, 4) is 0 Å². The Balaban J connectivity index is 1.85. The van der Waals surface area contributed by atoms with Crippen LogP contribution in [-0.4, -0.2) is 22.1 Å². The largest absolute Gasteiger partial charge is 0.392 e. The smallest absolute Gasteiger partial charge is 0.248 e. The van der Waals surface area contributed by atoms with Crippen LogP contribution in [0, 0.1) is 5.92 Å². The summed E-state index contributed by atoms with van der Waals surface area (Å²) < 4.78 is 25.9. The first kappa shape index (κ1) is 11.9. The van der Waals surface area contributed by atoms with Gasteiger partial charge >= 0.3 is 0 Å². The highest BCUT2D eigenvalue weighted by atomic mass is 32.1. The van der Waals surface area contributed by atoms with Gasteiger partial charge in [0.25, 0.3) is 0 Å². The van der Waals surface area contributed by atoms with E-state index in [4.69, 9.17) is 0 Å². The third-order valence-corrected chi connectivity index (χ3v) is 4.00. The van der Waals surface area contributed by atoms with Crippen LogP contribution in [0.3, 0.4) is 0 Å². The zero-order valence-corrected chi connectivity index (χ0v) is 9.72. The molecule has 0 saturated heterocycles. The molecule has 1 aliphatic carbocycles. The van der Waals surface area contributed by atoms with E-state index in [-0.39, 0.29) is 18.8 Å². The summed E-state index contributed by atoms with van der Waals surface area (Å²) in [7, 11) is 0. The molecule has 1 aromatic rings. The minimum absolute atomic E-state index is 0.0155. The second-order valence-corrected chi connectivity index (χ2v) is 5.40. The van der Waals surface area contributed by atoms with E-state index in [0.717, 1.165) is 4.88 Å². The summed E-state index contributed by atoms with van der Waals surface area (Å²) >= 11 is 1.50. The number of thiazole rings is 1. The first-order chi connectivity index (χ1) is 7.57. The van der Waals surface area contributed by atoms with Crippen LogP contribution in [0.15, 0.2) is 11.7 Å². The van der Waals surface area contributed by atoms with E-state index >= 15 is 0 Å². The van der Waals surface area contributed by atoms with Crippen LogP contribution in [-0.2, 0) is 6.42 Å². The molecule has 1 aliphatic rings. The first-order valence-corrected chi connectivity index (χ1v) is 6.38. The van der Waals surface area contributed by atoms with Crippen molar-refractivity contribution in [2.24, 2.45) is 5.92 Å². The molecule has 1 aromatic heterocycles. The van der Waals surface area contributed by atoms with Crippen LogP contribution < -0.4 is 0 Å². The molecule has 0 aromatic carbocycles. The molecular weight excluding hydrogens is 232 g/mol. The molecular formula is C11H15F2NOS. The Bertz CT molecular complexity index is 319. The molecule has 0 bridgehead atoms. The molecule has 1 fully saturated rings. The summed E-state index contributed by atoms with van der Waals surface area (Å²) in [4.78, 5) is 4.95. The number of hydrogen-bond acceptors (Lipinski definition) is 3. The van der Waals surface area contributed by atoms with Gasteiger partial charge in [-0.15, -0.1) is 11.3 Å². The van der Waals surface area contributed by atoms with E-state index < -0.39 is 12.0 Å². The fourth-order valence-electron chi connectivity index (χ4n) is 2.16. The van der Waals surface area contributed by atoms with E-state index in [9.17, 15) is 13.9 Å². The fourth-order valence-corrected chi connectivity index (χ4v) is 2.81. The predicted molar refractivity (Wildman–Crippen MR) is 58.7 cm³/mol. The van der Waals surface area contributed by atoms with Gasteiger partial charge in [-0.25, -0.2) is 8.78 Å². The van der Waals surface area contributed by atoms with E-state index in [1.165, 1.54) is 11.3 Å². The average molecular weight is 247 g/mol. The maximum Gasteiger partial charge on any atom is 0.248 e. The van der Waals surface area contributed by atoms with Gasteiger partial charge in [-0.2, -0.15) is 0 Å². The maximum absolute atomic E-state index is 12.9. The molecule has 1 saturated carbocycles. The summed E-state index contributed by atoms with van der Waals surface area (Å²) in [5.74, 6) is -2.50. The number of aromatic nitrogens is 1. The van der Waals surface area contributed by atoms with Crippen molar-refractivity contribution >= 4 is 11.3 Å². The van der Waals surface area contributed by atoms with Crippen LogP contribution in [0.2, 0.25) is 0 Å². The quantitative estimate of drug-likeness (QED) is 0.891. The molecule has 0 aliphatic heterocycles. The Morgan fingerprint density at radius 1 is 1.50 bits per heavy atom. The van der Waals surface area contributed by atoms with Gasteiger partial charge < -0.3 is 5.11 Å². The van der Waals surface area contributed by atoms with Gasteiger partial charge in [-0.3, -0.25) is 4.98 Å². The van der Waals surface area contributed by atoms with Gasteiger partial charge in [-0.05, 0) is 18.8 Å². The van der Waals surface area contributed by atoms with Crippen LogP contribution in [0.25, 0.3) is 0 Å². The Hall–Kier alpha value is -0.550. The Morgan fingerprint density at radius 2 is 2.19 bits per heavy atom. The Labute approximate surface area is 97.3 Å². The second kappa shape index (κ2) is 4.75. The first-order valence-electron chi connectivity index (χ1n) is 5.50. The lowest BCUT2D eigenvalue weighted by Gasteiger charge is -2.31. The summed E-state index contributed by atoms with van der Waals surface area (Å²) in [6.45, 7) is 0. The lowest BCUT2D eigenvalue weighted by atomic mass is 9.82. The van der Waals surface area contributed by atoms with E-state index in [1.807, 2.05) is 0 Å². The molecule has 0 amide bonds. The van der Waals surface area contributed by atoms with Crippen LogP contribution in [0.5, 0.6) is 0 Å². The monoisotopic (exact) mass is 247 g/mol. The SMILES string of the molecule is OC(Cc1cncs1)C1CCC(F)(F)CC1. The molecule has 1 heterocycles. The number of aliphatic hydroxyl groups is 1. The highest BCUT2D eigenvalue weighted by molar-refractivity contribution is 7.09. The number of rotatable bonds is 3. The van der Waals surface area contributed by atoms with Crippen molar-refractivity contribution in [1.29, 1.82) is 0 Å². The van der Waals surface area contributed by atoms with E-state index in [2.05, 4.69) is 4.98 Å². The zero-order chi connectivity index (χ0) is 11.6. The van der Waals surface area contributed by atoms with Crippen LogP contribution in [0.1, 0.15) is 30.6 Å². The van der Waals surface area contributed by atoms with Crippen molar-refractivity contribution in [3.63, 3.8) is 0 Å². The summed E-state index contributed by atoms with van der Waals surface area (Å²) in [6.07, 6.45) is 2.44. The lowest BCUT2D eigenvalue weighted by Crippen LogP contribution is -2.32. The second-order valence-electron chi connectivity index (χ2n) is 4.43. The van der Waals surface area contributed by atoms with Crippen molar-refractivity contribution in [1.82, 2.24) is 4.98 Å². The van der Waals surface area contributed by atoms with Gasteiger partial charge in [0.2, 0.25) is 5.92 Å². The molecule has 0 spiro atoms. The van der Waals surface area contributed by atoms with Gasteiger partial charge in [0.05, 0.1) is 11.6 Å². The fraction of sp³-hybridized carbons (Fsp3) is 0.727. The summed E-state index contributed by atoms with van der Waals surface area (Å²) in [6, 6.07) is 0. The van der Waals surface area contributed by atoms with Gasteiger partial charge in [0.15, 0.2) is 0 Å². The summed E-state index contributed by atoms with van der Waals surface area (Å²) in [5, 5.41) is 9.95. The van der Waals surface area contributed by atoms with E-state index in [1.54, 1.807) is 11.7 Å². The molecule has 1 atom stereocenters. The van der Waals surface area contributed by atoms with Gasteiger partial charge in [0, 0.05) is 30.3 Å². The van der Waals surface area contributed by atoms with Gasteiger partial charge in [-0.1, -0.05) is 0 Å². The minimum Gasteiger partial charge on any atom is -0.392 e. The molecule has 1 N–H and O–H groups in total. The molecule has 2 nitrogen and oxygen atoms in total. The molecule has 0 radical (unpaired) electrons. The lowest BCUT2D eigenvalue weighted by molar-refractivity contribution is -0.0618. The maximum atomic E-state index is 12.9. The molecule has 16 heavy (non-hydrogen) atoms. The number of halogens is 2. The predicted octanol–water partition coefficient (Wildman–Crippen LogP) is 2.87. The number of nitrogens with zero attached hydrogens (tertiary/aromatic N) is 1. The van der Waals surface area contributed by atoms with Gasteiger partial charge in [0.1, 0.15) is 0 Å². The van der Waals surface area contributed by atoms with Crippen LogP contribution in [0.4, 0.5) is 8.78 Å². The normalized spacial score (nSPS) is 23.2. The van der Waals surface area contributed by atoms with Crippen LogP contribution >= 0.6 is 11.3 Å². The van der Waals surface area contributed by atoms with Crippen molar-refractivity contribution in [3.05, 3.63) is 16.6 Å². The molecule has 5 heteroatoms. The number of aliphatic hydroxyl groups excluding tert-OH is 1. The molecule has 2 rings (SSSR count). The van der Waals surface area contributed by atoms with Crippen molar-refractivity contribution < 1.29 is 13.9 Å². The van der Waals surface area contributed by atoms with E-state index in [0.29, 0.717) is 19.3 Å². The zero-order valence-electron chi connectivity index (χ0n) is 8.90. The third kappa shape index (κ3) is 2.98. The standard InChI is InChI=1S/C11H15F2NOS/c12-11(13)3-1-8(2-4-11)10(15)5-9-6-14-7-16-9/h6-8,10,15H,1-5H2. The number of hydrogen-bond donors (Lipinski definition) is 1. The minimum atomic E-state index is -2.51. The average Bonchev–Trinajstić information content (AvgIpc) is 2.70. The van der Waals surface area contributed by atoms with Crippen molar-refractivity contribution in [2.75, 3.05) is 0 Å². The Kier molecular flexibility index (Phi) is 3.54. The summed E-state index contributed by atoms with van der Waals surface area (Å²) in [5.41, 5.74) is 1.72.